The lowest BCUT2D eigenvalue weighted by Crippen LogP contribution is -2.02. The highest BCUT2D eigenvalue weighted by Gasteiger charge is 2.09. The van der Waals surface area contributed by atoms with Crippen LogP contribution in [0.4, 0.5) is 11.4 Å². The van der Waals surface area contributed by atoms with Crippen molar-refractivity contribution in [3.63, 3.8) is 0 Å². The zero-order valence-electron chi connectivity index (χ0n) is 20.6. The summed E-state index contributed by atoms with van der Waals surface area (Å²) in [5, 5.41) is 3.76. The van der Waals surface area contributed by atoms with E-state index in [1.54, 1.807) is 11.1 Å². The van der Waals surface area contributed by atoms with Crippen molar-refractivity contribution in [2.24, 2.45) is 0 Å². The predicted molar refractivity (Wildman–Crippen MR) is 140 cm³/mol. The van der Waals surface area contributed by atoms with Crippen LogP contribution in [0.5, 0.6) is 0 Å². The Morgan fingerprint density at radius 2 is 1.13 bits per heavy atom. The van der Waals surface area contributed by atoms with Crippen LogP contribution in [0.1, 0.15) is 115 Å². The number of hydrogen-bond acceptors (Lipinski definition) is 1. The van der Waals surface area contributed by atoms with Gasteiger partial charge in [-0.25, -0.2) is 0 Å². The van der Waals surface area contributed by atoms with Gasteiger partial charge in [-0.2, -0.15) is 0 Å². The maximum Gasteiger partial charge on any atom is 0.0419 e. The van der Waals surface area contributed by atoms with Gasteiger partial charge in [0.1, 0.15) is 0 Å². The maximum absolute atomic E-state index is 3.76. The van der Waals surface area contributed by atoms with E-state index in [1.807, 2.05) is 0 Å². The lowest BCUT2D eigenvalue weighted by molar-refractivity contribution is 0.651. The van der Waals surface area contributed by atoms with Gasteiger partial charge in [-0.3, -0.25) is 0 Å². The molecule has 0 spiro atoms. The number of unbranched alkanes of at least 4 members (excludes halogenated alkanes) is 9. The van der Waals surface area contributed by atoms with E-state index in [0.717, 1.165) is 0 Å². The van der Waals surface area contributed by atoms with E-state index in [2.05, 4.69) is 68.6 Å². The highest BCUT2D eigenvalue weighted by molar-refractivity contribution is 5.65. The molecule has 0 aliphatic heterocycles. The van der Waals surface area contributed by atoms with E-state index in [1.165, 1.54) is 113 Å². The third-order valence-corrected chi connectivity index (χ3v) is 6.40. The van der Waals surface area contributed by atoms with Crippen LogP contribution in [0.15, 0.2) is 42.5 Å². The second-order valence-corrected chi connectivity index (χ2v) is 9.20. The van der Waals surface area contributed by atoms with E-state index >= 15 is 0 Å². The predicted octanol–water partition coefficient (Wildman–Crippen LogP) is 9.80. The quantitative estimate of drug-likeness (QED) is 0.251. The Labute approximate surface area is 193 Å². The van der Waals surface area contributed by atoms with E-state index in [9.17, 15) is 0 Å². The zero-order chi connectivity index (χ0) is 22.2. The Kier molecular flexibility index (Phi) is 13.1. The molecule has 0 atom stereocenters. The minimum Gasteiger partial charge on any atom is -0.355 e. The summed E-state index contributed by atoms with van der Waals surface area (Å²) in [4.78, 5) is 0. The molecule has 1 heteroatoms. The minimum absolute atomic E-state index is 1.20. The van der Waals surface area contributed by atoms with Crippen molar-refractivity contribution in [3.8, 4) is 0 Å². The number of hydrogen-bond donors (Lipinski definition) is 1. The SMILES string of the molecule is CCCCCCc1ccc(Nc2cccc(CCCCCC)c2CCCCCC)cc1. The largest absolute Gasteiger partial charge is 0.355 e. The summed E-state index contributed by atoms with van der Waals surface area (Å²) in [7, 11) is 0. The first-order valence-corrected chi connectivity index (χ1v) is 13.2. The molecule has 0 radical (unpaired) electrons. The standard InChI is InChI=1S/C30H47N/c1-4-7-10-13-17-26-22-24-28(25-23-26)31-30-21-16-19-27(18-14-11-8-5-2)29(30)20-15-12-9-6-3/h16,19,21-25,31H,4-15,17-18,20H2,1-3H3. The summed E-state index contributed by atoms with van der Waals surface area (Å²) in [6, 6.07) is 16.0. The van der Waals surface area contributed by atoms with Gasteiger partial charge in [-0.15, -0.1) is 0 Å². The molecule has 0 aromatic heterocycles. The van der Waals surface area contributed by atoms with Gasteiger partial charge in [0.15, 0.2) is 0 Å². The molecule has 31 heavy (non-hydrogen) atoms. The fourth-order valence-electron chi connectivity index (χ4n) is 4.42. The fraction of sp³-hybridized carbons (Fsp3) is 0.600. The molecule has 0 amide bonds. The molecule has 1 N–H and O–H groups in total. The van der Waals surface area contributed by atoms with E-state index < -0.39 is 0 Å². The molecule has 0 saturated heterocycles. The Balaban J connectivity index is 2.04. The second kappa shape index (κ2) is 16.0. The number of aryl methyl sites for hydroxylation is 2. The molecule has 172 valence electrons. The normalized spacial score (nSPS) is 11.1. The first-order chi connectivity index (χ1) is 15.3. The van der Waals surface area contributed by atoms with E-state index in [-0.39, 0.29) is 0 Å². The smallest absolute Gasteiger partial charge is 0.0419 e. The molecule has 0 heterocycles. The molecule has 1 nitrogen and oxygen atoms in total. The molecule has 2 aromatic rings. The van der Waals surface area contributed by atoms with Gasteiger partial charge in [0.25, 0.3) is 0 Å². The average molecular weight is 422 g/mol. The lowest BCUT2D eigenvalue weighted by Gasteiger charge is -2.17. The van der Waals surface area contributed by atoms with Crippen molar-refractivity contribution >= 4 is 11.4 Å². The molecule has 0 unspecified atom stereocenters. The van der Waals surface area contributed by atoms with Crippen LogP contribution in [0, 0.1) is 0 Å². The molecule has 2 rings (SSSR count). The van der Waals surface area contributed by atoms with Gasteiger partial charge < -0.3 is 5.32 Å². The minimum atomic E-state index is 1.20. The van der Waals surface area contributed by atoms with Crippen LogP contribution in [0.2, 0.25) is 0 Å². The summed E-state index contributed by atoms with van der Waals surface area (Å²) >= 11 is 0. The molecule has 0 bridgehead atoms. The third-order valence-electron chi connectivity index (χ3n) is 6.40. The molecule has 2 aromatic carbocycles. The van der Waals surface area contributed by atoms with E-state index in [4.69, 9.17) is 0 Å². The molecule has 0 fully saturated rings. The van der Waals surface area contributed by atoms with Crippen molar-refractivity contribution in [3.05, 3.63) is 59.2 Å². The van der Waals surface area contributed by atoms with Crippen LogP contribution < -0.4 is 5.32 Å². The number of rotatable bonds is 17. The van der Waals surface area contributed by atoms with Crippen molar-refractivity contribution in [2.45, 2.75) is 117 Å². The molecule has 0 aliphatic carbocycles. The van der Waals surface area contributed by atoms with Crippen LogP contribution in [-0.4, -0.2) is 0 Å². The Morgan fingerprint density at radius 3 is 1.74 bits per heavy atom. The second-order valence-electron chi connectivity index (χ2n) is 9.20. The van der Waals surface area contributed by atoms with Gasteiger partial charge >= 0.3 is 0 Å². The average Bonchev–Trinajstić information content (AvgIpc) is 2.79. The maximum atomic E-state index is 3.76. The van der Waals surface area contributed by atoms with Gasteiger partial charge in [-0.1, -0.05) is 103 Å². The first-order valence-electron chi connectivity index (χ1n) is 13.2. The lowest BCUT2D eigenvalue weighted by atomic mass is 9.95. The molecular formula is C30H47N. The highest BCUT2D eigenvalue weighted by Crippen LogP contribution is 2.28. The van der Waals surface area contributed by atoms with Gasteiger partial charge in [0.05, 0.1) is 0 Å². The summed E-state index contributed by atoms with van der Waals surface area (Å²) in [5.74, 6) is 0. The van der Waals surface area contributed by atoms with E-state index in [0.29, 0.717) is 0 Å². The van der Waals surface area contributed by atoms with Crippen LogP contribution >= 0.6 is 0 Å². The molecule has 0 saturated carbocycles. The summed E-state index contributed by atoms with van der Waals surface area (Å²) < 4.78 is 0. The number of benzene rings is 2. The van der Waals surface area contributed by atoms with Crippen molar-refractivity contribution < 1.29 is 0 Å². The first kappa shape index (κ1) is 25.5. The van der Waals surface area contributed by atoms with Crippen LogP contribution in [0.25, 0.3) is 0 Å². The molecule has 0 aliphatic rings. The van der Waals surface area contributed by atoms with Gasteiger partial charge in [0.2, 0.25) is 0 Å². The fourth-order valence-corrected chi connectivity index (χ4v) is 4.42. The van der Waals surface area contributed by atoms with Gasteiger partial charge in [-0.05, 0) is 73.4 Å². The molecular weight excluding hydrogens is 374 g/mol. The van der Waals surface area contributed by atoms with Crippen molar-refractivity contribution in [1.82, 2.24) is 0 Å². The Bertz CT molecular complexity index is 701. The highest BCUT2D eigenvalue weighted by atomic mass is 14.9. The topological polar surface area (TPSA) is 12.0 Å². The Morgan fingerprint density at radius 1 is 0.548 bits per heavy atom. The van der Waals surface area contributed by atoms with Crippen molar-refractivity contribution in [1.29, 1.82) is 0 Å². The third kappa shape index (κ3) is 9.93. The van der Waals surface area contributed by atoms with Crippen molar-refractivity contribution in [2.75, 3.05) is 5.32 Å². The number of nitrogens with one attached hydrogen (secondary N) is 1. The number of anilines is 2. The Hall–Kier alpha value is -1.76. The van der Waals surface area contributed by atoms with Crippen LogP contribution in [0.3, 0.4) is 0 Å². The summed E-state index contributed by atoms with van der Waals surface area (Å²) in [5.41, 5.74) is 7.12. The van der Waals surface area contributed by atoms with Crippen LogP contribution in [-0.2, 0) is 19.3 Å². The summed E-state index contributed by atoms with van der Waals surface area (Å²) in [6.45, 7) is 6.86. The monoisotopic (exact) mass is 421 g/mol. The zero-order valence-corrected chi connectivity index (χ0v) is 20.6. The van der Waals surface area contributed by atoms with Gasteiger partial charge in [0, 0.05) is 11.4 Å². The summed E-state index contributed by atoms with van der Waals surface area (Å²) in [6.07, 6.45) is 19.5.